The van der Waals surface area contributed by atoms with Gasteiger partial charge in [-0.1, -0.05) is 17.7 Å². The maximum atomic E-state index is 5.94. The Morgan fingerprint density at radius 2 is 1.95 bits per heavy atom. The van der Waals surface area contributed by atoms with Crippen LogP contribution < -0.4 is 11.1 Å². The van der Waals surface area contributed by atoms with Gasteiger partial charge in [0.2, 0.25) is 0 Å². The van der Waals surface area contributed by atoms with Gasteiger partial charge in [-0.15, -0.1) is 24.0 Å². The van der Waals surface area contributed by atoms with Crippen LogP contribution in [0.25, 0.3) is 0 Å². The normalized spacial score (nSPS) is 20.6. The average molecular weight is 371 g/mol. The molecule has 1 aromatic carbocycles. The number of nitrogens with zero attached hydrogens (tertiary/aromatic N) is 1. The summed E-state index contributed by atoms with van der Waals surface area (Å²) in [5.41, 5.74) is 8.73. The van der Waals surface area contributed by atoms with Gasteiger partial charge in [0.1, 0.15) is 0 Å². The number of halogens is 1. The van der Waals surface area contributed by atoms with E-state index in [1.807, 2.05) is 12.1 Å². The van der Waals surface area contributed by atoms with Crippen LogP contribution in [-0.4, -0.2) is 12.5 Å². The topological polar surface area (TPSA) is 50.4 Å². The lowest BCUT2D eigenvalue weighted by molar-refractivity contribution is 0.454. The Kier molecular flexibility index (Phi) is 4.38. The van der Waals surface area contributed by atoms with Crippen LogP contribution in [0.4, 0.5) is 5.69 Å². The van der Waals surface area contributed by atoms with Gasteiger partial charge in [-0.3, -0.25) is 4.99 Å². The van der Waals surface area contributed by atoms with Crippen LogP contribution in [0.3, 0.4) is 0 Å². The molecule has 2 aliphatic carbocycles. The zero-order valence-corrected chi connectivity index (χ0v) is 13.7. The third kappa shape index (κ3) is 3.61. The molecule has 0 amide bonds. The van der Waals surface area contributed by atoms with E-state index in [1.54, 1.807) is 0 Å². The van der Waals surface area contributed by atoms with E-state index >= 15 is 0 Å². The van der Waals surface area contributed by atoms with E-state index in [0.29, 0.717) is 11.4 Å². The van der Waals surface area contributed by atoms with E-state index in [0.717, 1.165) is 18.2 Å². The monoisotopic (exact) mass is 371 g/mol. The third-order valence-corrected chi connectivity index (χ3v) is 4.22. The van der Waals surface area contributed by atoms with E-state index in [9.17, 15) is 0 Å². The van der Waals surface area contributed by atoms with Crippen molar-refractivity contribution in [1.29, 1.82) is 0 Å². The molecule has 0 aromatic heterocycles. The molecule has 0 heterocycles. The number of guanidine groups is 1. The Labute approximate surface area is 132 Å². The van der Waals surface area contributed by atoms with Crippen molar-refractivity contribution in [2.75, 3.05) is 11.9 Å². The number of nitrogens with two attached hydrogens (primary N) is 1. The van der Waals surface area contributed by atoms with Gasteiger partial charge in [0.25, 0.3) is 0 Å². The fourth-order valence-corrected chi connectivity index (χ4v) is 2.62. The number of anilines is 1. The second kappa shape index (κ2) is 5.69. The standard InChI is InChI=1S/C15H21N3.HI/c1-11-2-6-13(7-3-11)18-14(16)17-10-15(8-9-15)12-4-5-12;/h2-3,6-7,12H,4-5,8-10H2,1H3,(H3,16,17,18);1H. The van der Waals surface area contributed by atoms with Crippen LogP contribution in [0.15, 0.2) is 29.3 Å². The summed E-state index contributed by atoms with van der Waals surface area (Å²) in [6.45, 7) is 2.98. The molecular weight excluding hydrogens is 349 g/mol. The number of nitrogens with one attached hydrogen (secondary N) is 1. The highest BCUT2D eigenvalue weighted by Crippen LogP contribution is 2.61. The molecule has 2 saturated carbocycles. The summed E-state index contributed by atoms with van der Waals surface area (Å²) in [5, 5.41) is 3.16. The lowest BCUT2D eigenvalue weighted by Gasteiger charge is -2.11. The summed E-state index contributed by atoms with van der Waals surface area (Å²) >= 11 is 0. The smallest absolute Gasteiger partial charge is 0.193 e. The Morgan fingerprint density at radius 3 is 2.47 bits per heavy atom. The Morgan fingerprint density at radius 1 is 1.32 bits per heavy atom. The number of hydrogen-bond donors (Lipinski definition) is 2. The molecule has 0 atom stereocenters. The molecular formula is C15H22IN3. The molecule has 19 heavy (non-hydrogen) atoms. The number of aryl methyl sites for hydroxylation is 1. The first-order valence-corrected chi connectivity index (χ1v) is 6.82. The van der Waals surface area contributed by atoms with Crippen LogP contribution in [0, 0.1) is 18.3 Å². The molecule has 0 spiro atoms. The highest BCUT2D eigenvalue weighted by Gasteiger charge is 2.53. The summed E-state index contributed by atoms with van der Waals surface area (Å²) in [6, 6.07) is 8.21. The van der Waals surface area contributed by atoms with Gasteiger partial charge in [-0.25, -0.2) is 0 Å². The maximum absolute atomic E-state index is 5.94. The SMILES string of the molecule is Cc1ccc(NC(N)=NCC2(C3CC3)CC2)cc1.I. The third-order valence-electron chi connectivity index (χ3n) is 4.22. The van der Waals surface area contributed by atoms with Crippen LogP contribution in [-0.2, 0) is 0 Å². The molecule has 3 rings (SSSR count). The van der Waals surface area contributed by atoms with E-state index in [-0.39, 0.29) is 24.0 Å². The van der Waals surface area contributed by atoms with Gasteiger partial charge in [-0.2, -0.15) is 0 Å². The fraction of sp³-hybridized carbons (Fsp3) is 0.533. The molecule has 1 aromatic rings. The second-order valence-corrected chi connectivity index (χ2v) is 5.83. The molecule has 0 bridgehead atoms. The predicted octanol–water partition coefficient (Wildman–Crippen LogP) is 3.53. The molecule has 4 heteroatoms. The Hall–Kier alpha value is -0.780. The van der Waals surface area contributed by atoms with Crippen molar-refractivity contribution in [1.82, 2.24) is 0 Å². The van der Waals surface area contributed by atoms with Crippen LogP contribution in [0.1, 0.15) is 31.2 Å². The quantitative estimate of drug-likeness (QED) is 0.483. The van der Waals surface area contributed by atoms with Gasteiger partial charge in [0.05, 0.1) is 0 Å². The molecule has 0 radical (unpaired) electrons. The Balaban J connectivity index is 0.00000133. The largest absolute Gasteiger partial charge is 0.370 e. The number of hydrogen-bond acceptors (Lipinski definition) is 1. The van der Waals surface area contributed by atoms with Crippen molar-refractivity contribution in [3.8, 4) is 0 Å². The Bertz CT molecular complexity index is 459. The first kappa shape index (κ1) is 14.6. The van der Waals surface area contributed by atoms with Gasteiger partial charge in [0, 0.05) is 12.2 Å². The first-order chi connectivity index (χ1) is 8.68. The van der Waals surface area contributed by atoms with Gasteiger partial charge in [-0.05, 0) is 56.1 Å². The summed E-state index contributed by atoms with van der Waals surface area (Å²) in [6.07, 6.45) is 5.50. The lowest BCUT2D eigenvalue weighted by atomic mass is 10.0. The molecule has 2 fully saturated rings. The highest BCUT2D eigenvalue weighted by atomic mass is 127. The van der Waals surface area contributed by atoms with Crippen molar-refractivity contribution >= 4 is 35.6 Å². The zero-order chi connectivity index (χ0) is 12.6. The minimum Gasteiger partial charge on any atom is -0.370 e. The molecule has 104 valence electrons. The maximum Gasteiger partial charge on any atom is 0.193 e. The van der Waals surface area contributed by atoms with Crippen LogP contribution >= 0.6 is 24.0 Å². The predicted molar refractivity (Wildman–Crippen MR) is 91.1 cm³/mol. The first-order valence-electron chi connectivity index (χ1n) is 6.82. The minimum atomic E-state index is 0. The van der Waals surface area contributed by atoms with Crippen molar-refractivity contribution in [3.05, 3.63) is 29.8 Å². The molecule has 0 saturated heterocycles. The van der Waals surface area contributed by atoms with E-state index in [2.05, 4.69) is 29.4 Å². The summed E-state index contributed by atoms with van der Waals surface area (Å²) in [5.74, 6) is 1.49. The van der Waals surface area contributed by atoms with Crippen molar-refractivity contribution in [3.63, 3.8) is 0 Å². The van der Waals surface area contributed by atoms with Crippen molar-refractivity contribution in [2.45, 2.75) is 32.6 Å². The molecule has 3 nitrogen and oxygen atoms in total. The molecule has 0 aliphatic heterocycles. The number of rotatable bonds is 4. The average Bonchev–Trinajstić information content (AvgIpc) is 3.22. The second-order valence-electron chi connectivity index (χ2n) is 5.83. The molecule has 3 N–H and O–H groups in total. The van der Waals surface area contributed by atoms with Crippen molar-refractivity contribution < 1.29 is 0 Å². The summed E-state index contributed by atoms with van der Waals surface area (Å²) < 4.78 is 0. The summed E-state index contributed by atoms with van der Waals surface area (Å²) in [7, 11) is 0. The van der Waals surface area contributed by atoms with E-state index < -0.39 is 0 Å². The molecule has 0 unspecified atom stereocenters. The number of aliphatic imine (C=N–C) groups is 1. The lowest BCUT2D eigenvalue weighted by Crippen LogP contribution is -2.24. The van der Waals surface area contributed by atoms with Gasteiger partial charge < -0.3 is 11.1 Å². The van der Waals surface area contributed by atoms with Gasteiger partial charge in [0.15, 0.2) is 5.96 Å². The van der Waals surface area contributed by atoms with E-state index in [1.165, 1.54) is 31.2 Å². The van der Waals surface area contributed by atoms with Crippen LogP contribution in [0.5, 0.6) is 0 Å². The zero-order valence-electron chi connectivity index (χ0n) is 11.4. The minimum absolute atomic E-state index is 0. The van der Waals surface area contributed by atoms with Crippen molar-refractivity contribution in [2.24, 2.45) is 22.1 Å². The number of benzene rings is 1. The van der Waals surface area contributed by atoms with E-state index in [4.69, 9.17) is 5.73 Å². The van der Waals surface area contributed by atoms with Gasteiger partial charge >= 0.3 is 0 Å². The summed E-state index contributed by atoms with van der Waals surface area (Å²) in [4.78, 5) is 4.52. The fourth-order valence-electron chi connectivity index (χ4n) is 2.62. The van der Waals surface area contributed by atoms with Crippen LogP contribution in [0.2, 0.25) is 0 Å². The highest BCUT2D eigenvalue weighted by molar-refractivity contribution is 14.0. The molecule has 2 aliphatic rings.